The number of benzene rings is 1. The van der Waals surface area contributed by atoms with Gasteiger partial charge in [0.25, 0.3) is 0 Å². The Labute approximate surface area is 145 Å². The Morgan fingerprint density at radius 1 is 1.21 bits per heavy atom. The fraction of sp³-hybridized carbons (Fsp3) is 0.650. The van der Waals surface area contributed by atoms with Crippen LogP contribution in [0, 0.1) is 0 Å². The summed E-state index contributed by atoms with van der Waals surface area (Å²) in [5.41, 5.74) is 1.27. The molecule has 2 aliphatic heterocycles. The third kappa shape index (κ3) is 3.09. The Morgan fingerprint density at radius 3 is 2.46 bits per heavy atom. The predicted octanol–water partition coefficient (Wildman–Crippen LogP) is 2.89. The van der Waals surface area contributed by atoms with Crippen molar-refractivity contribution in [3.63, 3.8) is 0 Å². The van der Waals surface area contributed by atoms with Crippen molar-refractivity contribution in [3.05, 3.63) is 35.9 Å². The van der Waals surface area contributed by atoms with Crippen LogP contribution in [-0.4, -0.2) is 60.6 Å². The van der Waals surface area contributed by atoms with Gasteiger partial charge in [-0.25, -0.2) is 0 Å². The monoisotopic (exact) mass is 330 g/mol. The predicted molar refractivity (Wildman–Crippen MR) is 96.1 cm³/mol. The number of piperidine rings is 1. The Hall–Kier alpha value is -1.39. The molecule has 1 amide bonds. The molecule has 2 heterocycles. The van der Waals surface area contributed by atoms with E-state index in [1.54, 1.807) is 7.11 Å². The first kappa shape index (κ1) is 17.4. The van der Waals surface area contributed by atoms with Crippen LogP contribution in [-0.2, 0) is 9.53 Å². The molecule has 2 saturated heterocycles. The van der Waals surface area contributed by atoms with Crippen LogP contribution in [0.4, 0.5) is 0 Å². The van der Waals surface area contributed by atoms with Gasteiger partial charge in [-0.2, -0.15) is 0 Å². The summed E-state index contributed by atoms with van der Waals surface area (Å²) in [6.07, 6.45) is 2.75. The summed E-state index contributed by atoms with van der Waals surface area (Å²) < 4.78 is 5.28. The van der Waals surface area contributed by atoms with E-state index >= 15 is 0 Å². The number of nitrogens with zero attached hydrogens (tertiary/aromatic N) is 2. The molecule has 0 unspecified atom stereocenters. The minimum atomic E-state index is -0.0393. The highest BCUT2D eigenvalue weighted by atomic mass is 16.5. The number of carbonyl (C=O) groups is 1. The molecule has 24 heavy (non-hydrogen) atoms. The van der Waals surface area contributed by atoms with Crippen molar-refractivity contribution < 1.29 is 9.53 Å². The lowest BCUT2D eigenvalue weighted by atomic mass is 9.73. The molecule has 1 aromatic rings. The fourth-order valence-electron chi connectivity index (χ4n) is 4.60. The fourth-order valence-corrected chi connectivity index (χ4v) is 4.60. The molecular weight excluding hydrogens is 300 g/mol. The van der Waals surface area contributed by atoms with Crippen LogP contribution >= 0.6 is 0 Å². The number of likely N-dealkylation sites (tertiary alicyclic amines) is 2. The molecule has 1 spiro atoms. The first-order chi connectivity index (χ1) is 11.6. The topological polar surface area (TPSA) is 32.8 Å². The van der Waals surface area contributed by atoms with Crippen LogP contribution in [0.5, 0.6) is 0 Å². The molecule has 1 aromatic carbocycles. The number of methoxy groups -OCH3 is 1. The maximum absolute atomic E-state index is 12.8. The van der Waals surface area contributed by atoms with Crippen LogP contribution in [0.1, 0.15) is 44.6 Å². The van der Waals surface area contributed by atoms with Crippen molar-refractivity contribution in [2.45, 2.75) is 50.6 Å². The van der Waals surface area contributed by atoms with Crippen LogP contribution in [0.15, 0.2) is 30.3 Å². The number of amides is 1. The highest BCUT2D eigenvalue weighted by molar-refractivity contribution is 5.81. The van der Waals surface area contributed by atoms with Gasteiger partial charge in [0.05, 0.1) is 12.1 Å². The second-order valence-corrected chi connectivity index (χ2v) is 7.44. The Bertz CT molecular complexity index is 550. The van der Waals surface area contributed by atoms with Gasteiger partial charge in [-0.05, 0) is 32.3 Å². The van der Waals surface area contributed by atoms with Gasteiger partial charge in [0.2, 0.25) is 5.91 Å². The molecule has 4 heteroatoms. The second kappa shape index (κ2) is 7.24. The van der Waals surface area contributed by atoms with Gasteiger partial charge in [-0.15, -0.1) is 0 Å². The average molecular weight is 330 g/mol. The Kier molecular flexibility index (Phi) is 5.26. The van der Waals surface area contributed by atoms with Crippen molar-refractivity contribution in [1.29, 1.82) is 0 Å². The summed E-state index contributed by atoms with van der Waals surface area (Å²) in [4.78, 5) is 17.5. The molecule has 3 rings (SSSR count). The van der Waals surface area contributed by atoms with E-state index in [0.29, 0.717) is 37.4 Å². The van der Waals surface area contributed by atoms with E-state index in [9.17, 15) is 4.79 Å². The lowest BCUT2D eigenvalue weighted by molar-refractivity contribution is -0.133. The largest absolute Gasteiger partial charge is 0.383 e. The Morgan fingerprint density at radius 2 is 1.88 bits per heavy atom. The third-order valence-corrected chi connectivity index (χ3v) is 5.98. The maximum atomic E-state index is 12.8. The molecule has 2 fully saturated rings. The molecule has 0 bridgehead atoms. The van der Waals surface area contributed by atoms with Crippen LogP contribution in [0.25, 0.3) is 0 Å². The van der Waals surface area contributed by atoms with Gasteiger partial charge in [0, 0.05) is 45.1 Å². The van der Waals surface area contributed by atoms with E-state index in [2.05, 4.69) is 54.0 Å². The highest BCUT2D eigenvalue weighted by Gasteiger charge is 2.53. The molecule has 4 nitrogen and oxygen atoms in total. The van der Waals surface area contributed by atoms with E-state index in [-0.39, 0.29) is 5.54 Å². The third-order valence-electron chi connectivity index (χ3n) is 5.98. The number of hydrogen-bond acceptors (Lipinski definition) is 3. The minimum Gasteiger partial charge on any atom is -0.383 e. The molecule has 0 N–H and O–H groups in total. The summed E-state index contributed by atoms with van der Waals surface area (Å²) in [6.45, 7) is 7.98. The molecule has 0 saturated carbocycles. The molecule has 132 valence electrons. The normalized spacial score (nSPS) is 24.2. The van der Waals surface area contributed by atoms with E-state index in [1.807, 2.05) is 0 Å². The Balaban J connectivity index is 1.90. The standard InChI is InChI=1S/C20H30N2O2/c1-16(2)21-11-9-20(10-12-21)18(17-7-5-4-6-8-17)15-19(23)22(20)13-14-24-3/h4-8,16,18H,9-15H2,1-3H3/t18-/m0/s1. The van der Waals surface area contributed by atoms with Gasteiger partial charge in [0.1, 0.15) is 0 Å². The smallest absolute Gasteiger partial charge is 0.223 e. The number of carbonyl (C=O) groups excluding carboxylic acids is 1. The number of hydrogen-bond donors (Lipinski definition) is 0. The highest BCUT2D eigenvalue weighted by Crippen LogP contribution is 2.48. The summed E-state index contributed by atoms with van der Waals surface area (Å²) >= 11 is 0. The number of ether oxygens (including phenoxy) is 1. The molecule has 0 aliphatic carbocycles. The number of rotatable bonds is 5. The van der Waals surface area contributed by atoms with Gasteiger partial charge in [0.15, 0.2) is 0 Å². The van der Waals surface area contributed by atoms with E-state index < -0.39 is 0 Å². The first-order valence-electron chi connectivity index (χ1n) is 9.17. The van der Waals surface area contributed by atoms with E-state index in [0.717, 1.165) is 25.9 Å². The van der Waals surface area contributed by atoms with Gasteiger partial charge in [-0.3, -0.25) is 4.79 Å². The zero-order valence-corrected chi connectivity index (χ0v) is 15.2. The van der Waals surface area contributed by atoms with Gasteiger partial charge in [-0.1, -0.05) is 30.3 Å². The average Bonchev–Trinajstić information content (AvgIpc) is 2.86. The molecule has 0 radical (unpaired) electrons. The summed E-state index contributed by atoms with van der Waals surface area (Å²) in [5.74, 6) is 0.594. The molecule has 0 aromatic heterocycles. The summed E-state index contributed by atoms with van der Waals surface area (Å²) in [5, 5.41) is 0. The minimum absolute atomic E-state index is 0.0393. The summed E-state index contributed by atoms with van der Waals surface area (Å²) in [7, 11) is 1.71. The van der Waals surface area contributed by atoms with Crippen molar-refractivity contribution in [2.24, 2.45) is 0 Å². The quantitative estimate of drug-likeness (QED) is 0.832. The van der Waals surface area contributed by atoms with Gasteiger partial charge >= 0.3 is 0 Å². The van der Waals surface area contributed by atoms with E-state index in [4.69, 9.17) is 4.74 Å². The van der Waals surface area contributed by atoms with Crippen LogP contribution < -0.4 is 0 Å². The lowest BCUT2D eigenvalue weighted by Crippen LogP contribution is -2.57. The molecular formula is C20H30N2O2. The summed E-state index contributed by atoms with van der Waals surface area (Å²) in [6, 6.07) is 11.2. The van der Waals surface area contributed by atoms with Gasteiger partial charge < -0.3 is 14.5 Å². The molecule has 1 atom stereocenters. The van der Waals surface area contributed by atoms with Crippen LogP contribution in [0.2, 0.25) is 0 Å². The SMILES string of the molecule is COCCN1C(=O)C[C@@H](c2ccccc2)C12CCN(C(C)C)CC2. The van der Waals surface area contributed by atoms with Crippen molar-refractivity contribution in [1.82, 2.24) is 9.80 Å². The maximum Gasteiger partial charge on any atom is 0.223 e. The van der Waals surface area contributed by atoms with E-state index in [1.165, 1.54) is 5.56 Å². The van der Waals surface area contributed by atoms with Crippen molar-refractivity contribution in [3.8, 4) is 0 Å². The zero-order chi connectivity index (χ0) is 17.2. The van der Waals surface area contributed by atoms with Crippen molar-refractivity contribution >= 4 is 5.91 Å². The first-order valence-corrected chi connectivity index (χ1v) is 9.17. The zero-order valence-electron chi connectivity index (χ0n) is 15.2. The second-order valence-electron chi connectivity index (χ2n) is 7.44. The molecule has 2 aliphatic rings. The van der Waals surface area contributed by atoms with Crippen molar-refractivity contribution in [2.75, 3.05) is 33.4 Å². The lowest BCUT2D eigenvalue weighted by Gasteiger charge is -2.49. The van der Waals surface area contributed by atoms with Crippen LogP contribution in [0.3, 0.4) is 0 Å².